The van der Waals surface area contributed by atoms with E-state index < -0.39 is 21.6 Å². The quantitative estimate of drug-likeness (QED) is 0.668. The van der Waals surface area contributed by atoms with Crippen LogP contribution in [0, 0.1) is 0 Å². The Morgan fingerprint density at radius 3 is 2.18 bits per heavy atom. The van der Waals surface area contributed by atoms with Crippen molar-refractivity contribution in [3.63, 3.8) is 0 Å². The van der Waals surface area contributed by atoms with E-state index in [9.17, 15) is 8.53 Å². The molecule has 0 radical (unpaired) electrons. The molecule has 0 saturated heterocycles. The molecule has 2 N–H and O–H groups in total. The number of primary amides is 1. The van der Waals surface area contributed by atoms with Gasteiger partial charge >= 0.3 is 70.0 Å². The monoisotopic (exact) mass is 211 g/mol. The van der Waals surface area contributed by atoms with Gasteiger partial charge in [-0.15, -0.1) is 0 Å². The van der Waals surface area contributed by atoms with E-state index in [0.29, 0.717) is 5.56 Å². The van der Waals surface area contributed by atoms with Gasteiger partial charge in [-0.25, -0.2) is 0 Å². The zero-order chi connectivity index (χ0) is 8.27. The van der Waals surface area contributed by atoms with E-state index in [2.05, 4.69) is 0 Å². The molecule has 1 aromatic carbocycles. The van der Waals surface area contributed by atoms with Crippen molar-refractivity contribution < 1.29 is 8.53 Å². The molecule has 3 nitrogen and oxygen atoms in total. The van der Waals surface area contributed by atoms with Gasteiger partial charge in [0.25, 0.3) is 0 Å². The van der Waals surface area contributed by atoms with Gasteiger partial charge in [0.15, 0.2) is 0 Å². The molecule has 11 heavy (non-hydrogen) atoms. The van der Waals surface area contributed by atoms with Crippen LogP contribution in [0.2, 0.25) is 0 Å². The predicted octanol–water partition coefficient (Wildman–Crippen LogP) is -0.540. The molecule has 0 aliphatic rings. The zero-order valence-corrected chi connectivity index (χ0v) is 7.53. The molecule has 0 spiro atoms. The number of hydrogen-bond acceptors (Lipinski definition) is 2. The Morgan fingerprint density at radius 2 is 1.82 bits per heavy atom. The molecule has 56 valence electrons. The van der Waals surface area contributed by atoms with Crippen LogP contribution in [0.5, 0.6) is 0 Å². The van der Waals surface area contributed by atoms with Gasteiger partial charge in [0.2, 0.25) is 0 Å². The number of carbonyl (C=O) groups is 1. The summed E-state index contributed by atoms with van der Waals surface area (Å²) >= 11 is -0.998. The summed E-state index contributed by atoms with van der Waals surface area (Å²) in [5.41, 5.74) is 5.44. The van der Waals surface area contributed by atoms with E-state index in [-0.39, 0.29) is 0 Å². The number of carbonyl (C=O) groups excluding carboxylic acids is 1. The Morgan fingerprint density at radius 1 is 1.27 bits per heavy atom. The predicted molar refractivity (Wildman–Crippen MR) is 41.0 cm³/mol. The van der Waals surface area contributed by atoms with Crippen LogP contribution < -0.4 is 10.1 Å². The summed E-state index contributed by atoms with van der Waals surface area (Å²) in [5.74, 6) is -0.460. The first kappa shape index (κ1) is 8.15. The van der Waals surface area contributed by atoms with Gasteiger partial charge in [-0.05, 0) is 0 Å². The summed E-state index contributed by atoms with van der Waals surface area (Å²) in [5, 5.41) is 0. The van der Waals surface area contributed by atoms with Gasteiger partial charge < -0.3 is 0 Å². The Bertz CT molecular complexity index is 281. The van der Waals surface area contributed by atoms with Crippen LogP contribution in [0.3, 0.4) is 0 Å². The van der Waals surface area contributed by atoms with Crippen molar-refractivity contribution in [1.82, 2.24) is 0 Å². The summed E-state index contributed by atoms with van der Waals surface area (Å²) in [6, 6.07) is 6.44. The van der Waals surface area contributed by atoms with Crippen LogP contribution in [0.4, 0.5) is 0 Å². The Kier molecular flexibility index (Phi) is 2.55. The number of rotatable bonds is 2. The standard InChI is InChI=1S/C7H6AsNO2/c9-7(10)5-1-3-6(8-11)4-2-5/h1-4H,(H2,9,10). The number of benzene rings is 1. The fourth-order valence-electron chi connectivity index (χ4n) is 0.687. The van der Waals surface area contributed by atoms with Crippen LogP contribution in [-0.4, -0.2) is 21.6 Å². The van der Waals surface area contributed by atoms with E-state index in [1.807, 2.05) is 0 Å². The summed E-state index contributed by atoms with van der Waals surface area (Å²) < 4.78 is 11.1. The Balaban J connectivity index is 3.00. The number of amides is 1. The van der Waals surface area contributed by atoms with E-state index >= 15 is 0 Å². The molecule has 1 rings (SSSR count). The molecule has 0 fully saturated rings. The molecule has 0 aliphatic heterocycles. The topological polar surface area (TPSA) is 60.2 Å². The number of hydrogen-bond donors (Lipinski definition) is 1. The van der Waals surface area contributed by atoms with E-state index in [1.165, 1.54) is 0 Å². The molecule has 1 aromatic rings. The third-order valence-corrected chi connectivity index (χ3v) is 2.33. The molecule has 0 heterocycles. The van der Waals surface area contributed by atoms with Crippen molar-refractivity contribution in [2.45, 2.75) is 0 Å². The molecular weight excluding hydrogens is 205 g/mol. The fraction of sp³-hybridized carbons (Fsp3) is 0. The van der Waals surface area contributed by atoms with Crippen molar-refractivity contribution in [3.8, 4) is 0 Å². The average molecular weight is 211 g/mol. The average Bonchev–Trinajstić information content (AvgIpc) is 2.05. The SMILES string of the molecule is NC(=O)c1ccc([As]=O)cc1. The normalized spacial score (nSPS) is 9.82. The maximum absolute atomic E-state index is 10.6. The van der Waals surface area contributed by atoms with Crippen molar-refractivity contribution in [1.29, 1.82) is 0 Å². The summed E-state index contributed by atoms with van der Waals surface area (Å²) in [6.45, 7) is 0. The molecule has 1 amide bonds. The minimum absolute atomic E-state index is 0.448. The Hall–Kier alpha value is -0.952. The molecule has 0 atom stereocenters. The molecule has 0 aromatic heterocycles. The second-order valence-corrected chi connectivity index (χ2v) is 3.47. The van der Waals surface area contributed by atoms with E-state index in [4.69, 9.17) is 5.73 Å². The van der Waals surface area contributed by atoms with Gasteiger partial charge in [0, 0.05) is 0 Å². The van der Waals surface area contributed by atoms with Crippen LogP contribution in [0.25, 0.3) is 0 Å². The second kappa shape index (κ2) is 3.44. The second-order valence-electron chi connectivity index (χ2n) is 2.00. The van der Waals surface area contributed by atoms with Crippen LogP contribution in [-0.2, 0) is 3.74 Å². The van der Waals surface area contributed by atoms with Gasteiger partial charge in [0.1, 0.15) is 0 Å². The van der Waals surface area contributed by atoms with Crippen LogP contribution in [0.1, 0.15) is 10.4 Å². The summed E-state index contributed by atoms with van der Waals surface area (Å²) in [7, 11) is 0. The van der Waals surface area contributed by atoms with Crippen molar-refractivity contribution in [2.75, 3.05) is 0 Å². The first-order chi connectivity index (χ1) is 5.24. The van der Waals surface area contributed by atoms with Crippen molar-refractivity contribution in [3.05, 3.63) is 29.8 Å². The fourth-order valence-corrected chi connectivity index (χ4v) is 1.25. The van der Waals surface area contributed by atoms with Gasteiger partial charge in [-0.2, -0.15) is 0 Å². The maximum atomic E-state index is 10.6. The van der Waals surface area contributed by atoms with E-state index in [1.54, 1.807) is 24.3 Å². The molecule has 0 saturated carbocycles. The van der Waals surface area contributed by atoms with Gasteiger partial charge in [0.05, 0.1) is 0 Å². The van der Waals surface area contributed by atoms with Crippen LogP contribution in [0.15, 0.2) is 24.3 Å². The summed E-state index contributed by atoms with van der Waals surface area (Å²) in [4.78, 5) is 10.6. The van der Waals surface area contributed by atoms with Crippen molar-refractivity contribution >= 4 is 25.9 Å². The van der Waals surface area contributed by atoms with Gasteiger partial charge in [-0.3, -0.25) is 0 Å². The first-order valence-corrected chi connectivity index (χ1v) is 4.67. The molecule has 0 bridgehead atoms. The third-order valence-electron chi connectivity index (χ3n) is 1.26. The molecule has 4 heteroatoms. The summed E-state index contributed by atoms with van der Waals surface area (Å²) in [6.07, 6.45) is 0. The van der Waals surface area contributed by atoms with Crippen molar-refractivity contribution in [2.24, 2.45) is 5.73 Å². The zero-order valence-electron chi connectivity index (χ0n) is 5.65. The molecule has 0 aliphatic carbocycles. The van der Waals surface area contributed by atoms with E-state index in [0.717, 1.165) is 4.35 Å². The Labute approximate surface area is 70.5 Å². The third kappa shape index (κ3) is 1.99. The number of nitrogens with two attached hydrogens (primary N) is 1. The van der Waals surface area contributed by atoms with Gasteiger partial charge in [-0.1, -0.05) is 0 Å². The minimum atomic E-state index is -0.998. The molecule has 0 unspecified atom stereocenters. The molecular formula is C7H6AsNO2. The van der Waals surface area contributed by atoms with Crippen LogP contribution >= 0.6 is 0 Å². The first-order valence-electron chi connectivity index (χ1n) is 2.97.